The van der Waals surface area contributed by atoms with Crippen molar-refractivity contribution in [1.29, 1.82) is 0 Å². The molecule has 0 heterocycles. The molecular weight excluding hydrogens is 328 g/mol. The minimum atomic E-state index is -0.337. The van der Waals surface area contributed by atoms with Gasteiger partial charge < -0.3 is 9.47 Å². The van der Waals surface area contributed by atoms with Crippen LogP contribution in [0, 0.1) is 53.3 Å². The third-order valence-electron chi connectivity index (χ3n) is 6.30. The number of hydrogen-bond donors (Lipinski definition) is 0. The summed E-state index contributed by atoms with van der Waals surface area (Å²) in [6, 6.07) is 0. The predicted octanol–water partition coefficient (Wildman–Crippen LogP) is 4.57. The third kappa shape index (κ3) is 4.61. The van der Waals surface area contributed by atoms with Gasteiger partial charge >= 0.3 is 11.9 Å². The van der Waals surface area contributed by atoms with Crippen molar-refractivity contribution in [3.63, 3.8) is 0 Å². The van der Waals surface area contributed by atoms with Gasteiger partial charge in [-0.25, -0.2) is 0 Å². The van der Waals surface area contributed by atoms with Crippen molar-refractivity contribution >= 4 is 11.9 Å². The van der Waals surface area contributed by atoms with Crippen LogP contribution in [0.2, 0.25) is 0 Å². The summed E-state index contributed by atoms with van der Waals surface area (Å²) in [7, 11) is 0. The van der Waals surface area contributed by atoms with E-state index in [0.717, 1.165) is 12.8 Å². The Morgan fingerprint density at radius 2 is 1.27 bits per heavy atom. The van der Waals surface area contributed by atoms with Gasteiger partial charge in [0.15, 0.2) is 0 Å². The first kappa shape index (κ1) is 21.2. The van der Waals surface area contributed by atoms with Crippen LogP contribution in [0.1, 0.15) is 61.3 Å². The molecular formula is C22H38O4. The van der Waals surface area contributed by atoms with Gasteiger partial charge in [0.05, 0.1) is 25.0 Å². The standard InChI is InChI=1S/C22H38O4/c1-12(2)10-25-21(23)19-17-9-16(14(5)6)18(8-15(17)7)20(19)22(24)26-11-13(3)4/h12-20H,8-11H2,1-7H3/t15?,16?,17?,18?,19-,20-/m0/s1. The average Bonchev–Trinajstić information content (AvgIpc) is 2.56. The summed E-state index contributed by atoms with van der Waals surface area (Å²) in [5, 5.41) is 0. The number of rotatable bonds is 7. The number of ether oxygens (including phenoxy) is 2. The molecule has 0 aromatic heterocycles. The van der Waals surface area contributed by atoms with Crippen molar-refractivity contribution in [2.24, 2.45) is 53.3 Å². The van der Waals surface area contributed by atoms with Crippen molar-refractivity contribution in [1.82, 2.24) is 0 Å². The molecule has 3 rings (SSSR count). The minimum Gasteiger partial charge on any atom is -0.465 e. The lowest BCUT2D eigenvalue weighted by Crippen LogP contribution is -2.56. The van der Waals surface area contributed by atoms with Crippen LogP contribution in [-0.2, 0) is 19.1 Å². The second-order valence-corrected chi connectivity index (χ2v) is 9.78. The fourth-order valence-corrected chi connectivity index (χ4v) is 5.05. The highest BCUT2D eigenvalue weighted by atomic mass is 16.5. The van der Waals surface area contributed by atoms with Gasteiger partial charge in [0.25, 0.3) is 0 Å². The lowest BCUT2D eigenvalue weighted by Gasteiger charge is -2.54. The van der Waals surface area contributed by atoms with Crippen molar-refractivity contribution in [3.8, 4) is 0 Å². The Kier molecular flexibility index (Phi) is 7.15. The largest absolute Gasteiger partial charge is 0.465 e. The van der Waals surface area contributed by atoms with Gasteiger partial charge in [-0.3, -0.25) is 9.59 Å². The molecule has 26 heavy (non-hydrogen) atoms. The number of hydrogen-bond acceptors (Lipinski definition) is 4. The molecule has 4 heteroatoms. The Bertz CT molecular complexity index is 496. The van der Waals surface area contributed by atoms with E-state index >= 15 is 0 Å². The van der Waals surface area contributed by atoms with Crippen LogP contribution >= 0.6 is 0 Å². The first-order chi connectivity index (χ1) is 12.1. The van der Waals surface area contributed by atoms with E-state index in [1.165, 1.54) is 0 Å². The molecule has 3 fully saturated rings. The van der Waals surface area contributed by atoms with Gasteiger partial charge in [0, 0.05) is 0 Å². The smallest absolute Gasteiger partial charge is 0.310 e. The normalized spacial score (nSPS) is 33.8. The van der Waals surface area contributed by atoms with E-state index in [9.17, 15) is 9.59 Å². The molecule has 4 nitrogen and oxygen atoms in total. The Morgan fingerprint density at radius 1 is 0.808 bits per heavy atom. The summed E-state index contributed by atoms with van der Waals surface area (Å²) in [6.45, 7) is 15.7. The molecule has 6 atom stereocenters. The van der Waals surface area contributed by atoms with E-state index in [4.69, 9.17) is 9.47 Å². The Morgan fingerprint density at radius 3 is 1.69 bits per heavy atom. The first-order valence-electron chi connectivity index (χ1n) is 10.5. The molecule has 0 aromatic rings. The van der Waals surface area contributed by atoms with Crippen LogP contribution in [-0.4, -0.2) is 25.2 Å². The quantitative estimate of drug-likeness (QED) is 0.620. The second-order valence-electron chi connectivity index (χ2n) is 9.78. The average molecular weight is 367 g/mol. The fraction of sp³-hybridized carbons (Fsp3) is 0.909. The van der Waals surface area contributed by atoms with Crippen LogP contribution in [0.5, 0.6) is 0 Å². The molecule has 0 spiro atoms. The van der Waals surface area contributed by atoms with Crippen molar-refractivity contribution in [2.45, 2.75) is 61.3 Å². The third-order valence-corrected chi connectivity index (χ3v) is 6.30. The molecule has 0 radical (unpaired) electrons. The highest BCUT2D eigenvalue weighted by molar-refractivity contribution is 5.83. The Labute approximate surface area is 159 Å². The van der Waals surface area contributed by atoms with Gasteiger partial charge in [-0.05, 0) is 54.3 Å². The number of esters is 2. The van der Waals surface area contributed by atoms with E-state index in [2.05, 4.69) is 20.8 Å². The van der Waals surface area contributed by atoms with Crippen LogP contribution in [0.3, 0.4) is 0 Å². The van der Waals surface area contributed by atoms with E-state index in [0.29, 0.717) is 42.8 Å². The van der Waals surface area contributed by atoms with Gasteiger partial charge in [-0.15, -0.1) is 0 Å². The Hall–Kier alpha value is -1.06. The lowest BCUT2D eigenvalue weighted by molar-refractivity contribution is -0.183. The highest BCUT2D eigenvalue weighted by Crippen LogP contribution is 2.56. The molecule has 3 saturated carbocycles. The second kappa shape index (κ2) is 8.75. The SMILES string of the molecule is CC(C)COC(=O)[C@H]1C2CC(C(C)C)C(CC2C)[C@@H]1C(=O)OCC(C)C. The summed E-state index contributed by atoms with van der Waals surface area (Å²) in [6.07, 6.45) is 2.04. The van der Waals surface area contributed by atoms with E-state index in [1.807, 2.05) is 27.7 Å². The summed E-state index contributed by atoms with van der Waals surface area (Å²) < 4.78 is 11.2. The summed E-state index contributed by atoms with van der Waals surface area (Å²) in [4.78, 5) is 25.9. The predicted molar refractivity (Wildman–Crippen MR) is 102 cm³/mol. The van der Waals surface area contributed by atoms with Crippen LogP contribution < -0.4 is 0 Å². The molecule has 2 bridgehead atoms. The zero-order valence-electron chi connectivity index (χ0n) is 17.7. The monoisotopic (exact) mass is 366 g/mol. The molecule has 3 aliphatic carbocycles. The van der Waals surface area contributed by atoms with E-state index in [-0.39, 0.29) is 35.6 Å². The molecule has 150 valence electrons. The van der Waals surface area contributed by atoms with Crippen molar-refractivity contribution < 1.29 is 19.1 Å². The maximum atomic E-state index is 13.0. The fourth-order valence-electron chi connectivity index (χ4n) is 5.05. The maximum absolute atomic E-state index is 13.0. The topological polar surface area (TPSA) is 52.6 Å². The summed E-state index contributed by atoms with van der Waals surface area (Å²) in [5.41, 5.74) is 0. The van der Waals surface area contributed by atoms with Crippen molar-refractivity contribution in [3.05, 3.63) is 0 Å². The number of fused-ring (bicyclic) bond motifs is 3. The van der Waals surface area contributed by atoms with Gasteiger partial charge in [-0.2, -0.15) is 0 Å². The zero-order chi connectivity index (χ0) is 19.6. The molecule has 0 aromatic carbocycles. The Balaban J connectivity index is 2.26. The van der Waals surface area contributed by atoms with Crippen molar-refractivity contribution in [2.75, 3.05) is 13.2 Å². The summed E-state index contributed by atoms with van der Waals surface area (Å²) >= 11 is 0. The first-order valence-corrected chi connectivity index (χ1v) is 10.5. The van der Waals surface area contributed by atoms with E-state index < -0.39 is 0 Å². The number of carbonyl (C=O) groups is 2. The minimum absolute atomic E-state index is 0.183. The summed E-state index contributed by atoms with van der Waals surface area (Å²) in [5.74, 6) is 1.47. The highest BCUT2D eigenvalue weighted by Gasteiger charge is 2.58. The van der Waals surface area contributed by atoms with Gasteiger partial charge in [-0.1, -0.05) is 48.5 Å². The van der Waals surface area contributed by atoms with Gasteiger partial charge in [0.1, 0.15) is 0 Å². The molecule has 0 saturated heterocycles. The molecule has 0 amide bonds. The molecule has 0 aliphatic heterocycles. The maximum Gasteiger partial charge on any atom is 0.310 e. The zero-order valence-corrected chi connectivity index (χ0v) is 17.7. The van der Waals surface area contributed by atoms with Crippen LogP contribution in [0.15, 0.2) is 0 Å². The van der Waals surface area contributed by atoms with Crippen LogP contribution in [0.25, 0.3) is 0 Å². The van der Waals surface area contributed by atoms with E-state index in [1.54, 1.807) is 0 Å². The molecule has 3 aliphatic rings. The van der Waals surface area contributed by atoms with Crippen LogP contribution in [0.4, 0.5) is 0 Å². The molecule has 4 unspecified atom stereocenters. The van der Waals surface area contributed by atoms with Gasteiger partial charge in [0.2, 0.25) is 0 Å². The molecule has 0 N–H and O–H groups in total. The lowest BCUT2D eigenvalue weighted by atomic mass is 9.49. The number of carbonyl (C=O) groups excluding carboxylic acids is 2.